The molecule has 1 N–H and O–H groups in total. The fourth-order valence-electron chi connectivity index (χ4n) is 2.31. The van der Waals surface area contributed by atoms with Crippen molar-refractivity contribution in [2.75, 3.05) is 31.1 Å². The molecule has 0 amide bonds. The number of hydrogen-bond donors (Lipinski definition) is 1. The average Bonchev–Trinajstić information content (AvgIpc) is 2.81. The van der Waals surface area contributed by atoms with Crippen molar-refractivity contribution in [2.24, 2.45) is 0 Å². The molecule has 1 aliphatic rings. The lowest BCUT2D eigenvalue weighted by Gasteiger charge is -2.29. The van der Waals surface area contributed by atoms with Crippen molar-refractivity contribution in [1.29, 1.82) is 0 Å². The van der Waals surface area contributed by atoms with Crippen LogP contribution in [0.2, 0.25) is 0 Å². The molecular formula is C12H17N5. The number of benzene rings is 1. The third kappa shape index (κ3) is 1.86. The molecule has 2 heterocycles. The van der Waals surface area contributed by atoms with Gasteiger partial charge < -0.3 is 10.2 Å². The lowest BCUT2D eigenvalue weighted by molar-refractivity contribution is 0.589. The van der Waals surface area contributed by atoms with Crippen LogP contribution >= 0.6 is 0 Å². The average molecular weight is 231 g/mol. The summed E-state index contributed by atoms with van der Waals surface area (Å²) in [5, 5.41) is 11.7. The van der Waals surface area contributed by atoms with Crippen LogP contribution in [-0.2, 0) is 6.54 Å². The Morgan fingerprint density at radius 2 is 2.12 bits per heavy atom. The quantitative estimate of drug-likeness (QED) is 0.832. The molecule has 1 aliphatic heterocycles. The van der Waals surface area contributed by atoms with Crippen molar-refractivity contribution in [3.8, 4) is 0 Å². The van der Waals surface area contributed by atoms with Gasteiger partial charge in [0.25, 0.3) is 0 Å². The van der Waals surface area contributed by atoms with Crippen LogP contribution in [0, 0.1) is 0 Å². The van der Waals surface area contributed by atoms with E-state index in [4.69, 9.17) is 0 Å². The molecular weight excluding hydrogens is 214 g/mol. The molecule has 5 nitrogen and oxygen atoms in total. The molecule has 1 saturated heterocycles. The summed E-state index contributed by atoms with van der Waals surface area (Å²) >= 11 is 0. The van der Waals surface area contributed by atoms with E-state index in [9.17, 15) is 0 Å². The summed E-state index contributed by atoms with van der Waals surface area (Å²) in [6, 6.07) is 6.43. The zero-order chi connectivity index (χ0) is 11.7. The Hall–Kier alpha value is -1.62. The minimum absolute atomic E-state index is 0.865. The molecule has 0 saturated carbocycles. The van der Waals surface area contributed by atoms with Crippen LogP contribution in [0.25, 0.3) is 11.0 Å². The first-order valence-corrected chi connectivity index (χ1v) is 6.17. The SMILES string of the molecule is CCn1nnc2cc(N3CCNCC3)ccc21. The summed E-state index contributed by atoms with van der Waals surface area (Å²) in [5.74, 6) is 0. The molecule has 0 unspecified atom stereocenters. The first-order valence-electron chi connectivity index (χ1n) is 6.17. The number of nitrogens with zero attached hydrogens (tertiary/aromatic N) is 4. The van der Waals surface area contributed by atoms with Gasteiger partial charge in [-0.1, -0.05) is 5.21 Å². The monoisotopic (exact) mass is 231 g/mol. The van der Waals surface area contributed by atoms with Gasteiger partial charge in [-0.05, 0) is 25.1 Å². The molecule has 0 bridgehead atoms. The van der Waals surface area contributed by atoms with E-state index < -0.39 is 0 Å². The van der Waals surface area contributed by atoms with Crippen molar-refractivity contribution in [1.82, 2.24) is 20.3 Å². The van der Waals surface area contributed by atoms with E-state index in [0.29, 0.717) is 0 Å². The van der Waals surface area contributed by atoms with Gasteiger partial charge in [-0.2, -0.15) is 0 Å². The van der Waals surface area contributed by atoms with Gasteiger partial charge in [0, 0.05) is 38.4 Å². The summed E-state index contributed by atoms with van der Waals surface area (Å²) in [6.45, 7) is 7.18. The number of aryl methyl sites for hydroxylation is 1. The second kappa shape index (κ2) is 4.33. The molecule has 5 heteroatoms. The van der Waals surface area contributed by atoms with Crippen molar-refractivity contribution < 1.29 is 0 Å². The van der Waals surface area contributed by atoms with Gasteiger partial charge in [-0.25, -0.2) is 4.68 Å². The smallest absolute Gasteiger partial charge is 0.115 e. The summed E-state index contributed by atoms with van der Waals surface area (Å²) in [7, 11) is 0. The lowest BCUT2D eigenvalue weighted by atomic mass is 10.2. The predicted octanol–water partition coefficient (Wildman–Crippen LogP) is 0.861. The maximum atomic E-state index is 4.22. The van der Waals surface area contributed by atoms with Gasteiger partial charge in [-0.3, -0.25) is 0 Å². The molecule has 1 fully saturated rings. The van der Waals surface area contributed by atoms with Crippen LogP contribution < -0.4 is 10.2 Å². The van der Waals surface area contributed by atoms with Crippen LogP contribution in [0.3, 0.4) is 0 Å². The second-order valence-electron chi connectivity index (χ2n) is 4.32. The van der Waals surface area contributed by atoms with Crippen molar-refractivity contribution in [3.63, 3.8) is 0 Å². The molecule has 90 valence electrons. The second-order valence-corrected chi connectivity index (χ2v) is 4.32. The summed E-state index contributed by atoms with van der Waals surface area (Å²) in [6.07, 6.45) is 0. The van der Waals surface area contributed by atoms with Crippen LogP contribution in [0.15, 0.2) is 18.2 Å². The lowest BCUT2D eigenvalue weighted by Crippen LogP contribution is -2.43. The largest absolute Gasteiger partial charge is 0.369 e. The first kappa shape index (κ1) is 10.5. The molecule has 0 atom stereocenters. The van der Waals surface area contributed by atoms with Crippen LogP contribution in [0.4, 0.5) is 5.69 Å². The number of hydrogen-bond acceptors (Lipinski definition) is 4. The highest BCUT2D eigenvalue weighted by atomic mass is 15.4. The molecule has 1 aromatic carbocycles. The summed E-state index contributed by atoms with van der Waals surface area (Å²) in [4.78, 5) is 2.39. The Bertz CT molecular complexity index is 513. The number of aromatic nitrogens is 3. The molecule has 3 rings (SSSR count). The number of piperazine rings is 1. The van der Waals surface area contributed by atoms with E-state index in [1.807, 2.05) is 4.68 Å². The van der Waals surface area contributed by atoms with Crippen molar-refractivity contribution in [2.45, 2.75) is 13.5 Å². The third-order valence-electron chi connectivity index (χ3n) is 3.28. The molecule has 0 aliphatic carbocycles. The fraction of sp³-hybridized carbons (Fsp3) is 0.500. The minimum Gasteiger partial charge on any atom is -0.369 e. The number of nitrogens with one attached hydrogen (secondary N) is 1. The van der Waals surface area contributed by atoms with E-state index in [-0.39, 0.29) is 0 Å². The standard InChI is InChI=1S/C12H17N5/c1-2-17-12-4-3-10(9-11(12)14-15-17)16-7-5-13-6-8-16/h3-4,9,13H,2,5-8H2,1H3. The zero-order valence-corrected chi connectivity index (χ0v) is 10.1. The van der Waals surface area contributed by atoms with Gasteiger partial charge >= 0.3 is 0 Å². The Morgan fingerprint density at radius 1 is 1.29 bits per heavy atom. The van der Waals surface area contributed by atoms with Crippen molar-refractivity contribution in [3.05, 3.63) is 18.2 Å². The van der Waals surface area contributed by atoms with E-state index in [1.165, 1.54) is 5.69 Å². The minimum atomic E-state index is 0.865. The van der Waals surface area contributed by atoms with E-state index >= 15 is 0 Å². The maximum Gasteiger partial charge on any atom is 0.115 e. The molecule has 1 aromatic heterocycles. The maximum absolute atomic E-state index is 4.22. The van der Waals surface area contributed by atoms with E-state index in [2.05, 4.69) is 45.7 Å². The van der Waals surface area contributed by atoms with E-state index in [0.717, 1.165) is 43.8 Å². The molecule has 2 aromatic rings. The number of rotatable bonds is 2. The Balaban J connectivity index is 1.95. The fourth-order valence-corrected chi connectivity index (χ4v) is 2.31. The number of anilines is 1. The molecule has 0 spiro atoms. The zero-order valence-electron chi connectivity index (χ0n) is 10.1. The Morgan fingerprint density at radius 3 is 2.88 bits per heavy atom. The third-order valence-corrected chi connectivity index (χ3v) is 3.28. The Labute approximate surface area is 100 Å². The topological polar surface area (TPSA) is 46.0 Å². The highest BCUT2D eigenvalue weighted by molar-refractivity contribution is 5.79. The van der Waals surface area contributed by atoms with Gasteiger partial charge in [-0.15, -0.1) is 5.10 Å². The van der Waals surface area contributed by atoms with E-state index in [1.54, 1.807) is 0 Å². The first-order chi connectivity index (χ1) is 8.38. The van der Waals surface area contributed by atoms with Gasteiger partial charge in [0.05, 0.1) is 5.52 Å². The highest BCUT2D eigenvalue weighted by Gasteiger charge is 2.12. The molecule has 0 radical (unpaired) electrons. The van der Waals surface area contributed by atoms with Crippen LogP contribution in [0.5, 0.6) is 0 Å². The normalized spacial score (nSPS) is 16.6. The molecule has 17 heavy (non-hydrogen) atoms. The van der Waals surface area contributed by atoms with Crippen LogP contribution in [-0.4, -0.2) is 41.2 Å². The Kier molecular flexibility index (Phi) is 2.68. The van der Waals surface area contributed by atoms with Gasteiger partial charge in [0.2, 0.25) is 0 Å². The predicted molar refractivity (Wildman–Crippen MR) is 68.3 cm³/mol. The number of fused-ring (bicyclic) bond motifs is 1. The van der Waals surface area contributed by atoms with Crippen molar-refractivity contribution >= 4 is 16.7 Å². The highest BCUT2D eigenvalue weighted by Crippen LogP contribution is 2.20. The van der Waals surface area contributed by atoms with Gasteiger partial charge in [0.1, 0.15) is 5.52 Å². The summed E-state index contributed by atoms with van der Waals surface area (Å²) in [5.41, 5.74) is 3.36. The van der Waals surface area contributed by atoms with Crippen LogP contribution in [0.1, 0.15) is 6.92 Å². The van der Waals surface area contributed by atoms with Gasteiger partial charge in [0.15, 0.2) is 0 Å². The summed E-state index contributed by atoms with van der Waals surface area (Å²) < 4.78 is 1.93.